The van der Waals surface area contributed by atoms with E-state index in [0.717, 1.165) is 29.8 Å². The van der Waals surface area contributed by atoms with E-state index in [9.17, 15) is 8.78 Å². The molecule has 0 amide bonds. The Hall–Kier alpha value is -2.89. The fraction of sp³-hybridized carbons (Fsp3) is 0.250. The molecule has 0 aliphatic rings. The minimum absolute atomic E-state index is 0.162. The Balaban J connectivity index is 1.57. The summed E-state index contributed by atoms with van der Waals surface area (Å²) in [6.45, 7) is 2.90. The maximum atomic E-state index is 13.7. The maximum absolute atomic E-state index is 13.7. The number of nitrogens with one attached hydrogen (secondary N) is 3. The molecule has 0 aliphatic carbocycles. The number of hydrogen-bond donors (Lipinski definition) is 3. The van der Waals surface area contributed by atoms with Gasteiger partial charge in [0, 0.05) is 42.3 Å². The van der Waals surface area contributed by atoms with E-state index in [1.54, 1.807) is 7.05 Å². The van der Waals surface area contributed by atoms with E-state index in [-0.39, 0.29) is 12.1 Å². The van der Waals surface area contributed by atoms with Crippen molar-refractivity contribution in [2.45, 2.75) is 19.9 Å². The Morgan fingerprint density at radius 1 is 1.12 bits per heavy atom. The third-order valence-electron chi connectivity index (χ3n) is 4.37. The number of aryl methyl sites for hydroxylation is 1. The van der Waals surface area contributed by atoms with Gasteiger partial charge in [0.05, 0.1) is 0 Å². The molecular formula is C20H22F2N4. The molecule has 0 saturated heterocycles. The first-order valence-corrected chi connectivity index (χ1v) is 8.53. The largest absolute Gasteiger partial charge is 0.358 e. The van der Waals surface area contributed by atoms with Crippen LogP contribution in [-0.4, -0.2) is 24.5 Å². The highest BCUT2D eigenvalue weighted by Gasteiger charge is 2.08. The Labute approximate surface area is 151 Å². The molecule has 0 unspecified atom stereocenters. The zero-order chi connectivity index (χ0) is 18.5. The van der Waals surface area contributed by atoms with Gasteiger partial charge in [0.2, 0.25) is 0 Å². The number of para-hydroxylation sites is 1. The average molecular weight is 356 g/mol. The number of rotatable bonds is 5. The lowest BCUT2D eigenvalue weighted by Crippen LogP contribution is -2.38. The molecule has 3 aromatic rings. The van der Waals surface area contributed by atoms with Gasteiger partial charge < -0.3 is 15.6 Å². The van der Waals surface area contributed by atoms with Crippen molar-refractivity contribution >= 4 is 16.9 Å². The van der Waals surface area contributed by atoms with E-state index in [4.69, 9.17) is 0 Å². The molecule has 0 spiro atoms. The van der Waals surface area contributed by atoms with E-state index < -0.39 is 11.6 Å². The molecule has 6 heteroatoms. The van der Waals surface area contributed by atoms with Crippen molar-refractivity contribution in [1.82, 2.24) is 15.6 Å². The summed E-state index contributed by atoms with van der Waals surface area (Å²) < 4.78 is 26.9. The second kappa shape index (κ2) is 7.99. The first-order chi connectivity index (χ1) is 12.6. The van der Waals surface area contributed by atoms with Gasteiger partial charge in [0.1, 0.15) is 11.6 Å². The van der Waals surface area contributed by atoms with Gasteiger partial charge in [-0.1, -0.05) is 18.2 Å². The van der Waals surface area contributed by atoms with Gasteiger partial charge in [0.25, 0.3) is 0 Å². The predicted octanol–water partition coefficient (Wildman–Crippen LogP) is 3.66. The lowest BCUT2D eigenvalue weighted by atomic mass is 10.1. The number of H-pyrrole nitrogens is 1. The van der Waals surface area contributed by atoms with Crippen molar-refractivity contribution in [3.8, 4) is 0 Å². The van der Waals surface area contributed by atoms with Crippen molar-refractivity contribution in [2.24, 2.45) is 4.99 Å². The molecule has 0 saturated carbocycles. The normalized spacial score (nSPS) is 11.8. The summed E-state index contributed by atoms with van der Waals surface area (Å²) in [4.78, 5) is 7.52. The van der Waals surface area contributed by atoms with Gasteiger partial charge in [-0.05, 0) is 43.2 Å². The van der Waals surface area contributed by atoms with Gasteiger partial charge in [-0.2, -0.15) is 0 Å². The van der Waals surface area contributed by atoms with Crippen LogP contribution in [0.3, 0.4) is 0 Å². The van der Waals surface area contributed by atoms with Crippen LogP contribution in [0.5, 0.6) is 0 Å². The molecule has 2 aromatic carbocycles. The molecule has 4 nitrogen and oxygen atoms in total. The van der Waals surface area contributed by atoms with E-state index in [1.807, 2.05) is 12.1 Å². The molecular weight excluding hydrogens is 334 g/mol. The lowest BCUT2D eigenvalue weighted by molar-refractivity contribution is 0.581. The van der Waals surface area contributed by atoms with Crippen molar-refractivity contribution in [2.75, 3.05) is 13.6 Å². The fourth-order valence-corrected chi connectivity index (χ4v) is 3.04. The minimum Gasteiger partial charge on any atom is -0.358 e. The molecule has 0 aliphatic heterocycles. The monoisotopic (exact) mass is 356 g/mol. The van der Waals surface area contributed by atoms with E-state index >= 15 is 0 Å². The smallest absolute Gasteiger partial charge is 0.191 e. The van der Waals surface area contributed by atoms with Crippen molar-refractivity contribution in [1.29, 1.82) is 0 Å². The third-order valence-corrected chi connectivity index (χ3v) is 4.37. The predicted molar refractivity (Wildman–Crippen MR) is 101 cm³/mol. The number of guanidine groups is 1. The molecule has 136 valence electrons. The second-order valence-electron chi connectivity index (χ2n) is 6.11. The van der Waals surface area contributed by atoms with E-state index in [0.29, 0.717) is 12.5 Å². The van der Waals surface area contributed by atoms with Crippen LogP contribution in [0.15, 0.2) is 47.5 Å². The van der Waals surface area contributed by atoms with Crippen LogP contribution in [0.4, 0.5) is 8.78 Å². The van der Waals surface area contributed by atoms with Crippen LogP contribution in [0, 0.1) is 18.6 Å². The molecule has 1 heterocycles. The summed E-state index contributed by atoms with van der Waals surface area (Å²) in [5.41, 5.74) is 3.81. The number of aromatic amines is 1. The summed E-state index contributed by atoms with van der Waals surface area (Å²) in [7, 11) is 1.65. The van der Waals surface area contributed by atoms with Crippen molar-refractivity contribution < 1.29 is 8.78 Å². The standard InChI is InChI=1S/C20H22F2N4/c1-13-16(17-5-3-4-6-19(17)26-13)9-10-24-20(23-2)25-12-14-11-15(21)7-8-18(14)22/h3-8,11,26H,9-10,12H2,1-2H3,(H2,23,24,25). The molecule has 0 bridgehead atoms. The quantitative estimate of drug-likeness (QED) is 0.483. The van der Waals surface area contributed by atoms with Crippen LogP contribution in [0.2, 0.25) is 0 Å². The average Bonchev–Trinajstić information content (AvgIpc) is 2.96. The first-order valence-electron chi connectivity index (χ1n) is 8.53. The van der Waals surface area contributed by atoms with Gasteiger partial charge in [-0.15, -0.1) is 0 Å². The number of halogens is 2. The third kappa shape index (κ3) is 4.02. The molecule has 1 aromatic heterocycles. The van der Waals surface area contributed by atoms with Crippen LogP contribution in [-0.2, 0) is 13.0 Å². The molecule has 3 N–H and O–H groups in total. The van der Waals surface area contributed by atoms with Crippen LogP contribution >= 0.6 is 0 Å². The van der Waals surface area contributed by atoms with Gasteiger partial charge in [-0.3, -0.25) is 4.99 Å². The number of benzene rings is 2. The number of aliphatic imine (C=N–C) groups is 1. The Morgan fingerprint density at radius 3 is 2.73 bits per heavy atom. The van der Waals surface area contributed by atoms with E-state index in [2.05, 4.69) is 39.7 Å². The Bertz CT molecular complexity index is 931. The van der Waals surface area contributed by atoms with Crippen LogP contribution in [0.25, 0.3) is 10.9 Å². The summed E-state index contributed by atoms with van der Waals surface area (Å²) >= 11 is 0. The van der Waals surface area contributed by atoms with Gasteiger partial charge in [0.15, 0.2) is 5.96 Å². The summed E-state index contributed by atoms with van der Waals surface area (Å²) in [5, 5.41) is 7.44. The zero-order valence-corrected chi connectivity index (χ0v) is 14.9. The Morgan fingerprint density at radius 2 is 1.92 bits per heavy atom. The van der Waals surface area contributed by atoms with Crippen LogP contribution in [0.1, 0.15) is 16.8 Å². The Kier molecular flexibility index (Phi) is 5.51. The number of hydrogen-bond acceptors (Lipinski definition) is 1. The topological polar surface area (TPSA) is 52.2 Å². The molecule has 0 radical (unpaired) electrons. The number of nitrogens with zero attached hydrogens (tertiary/aromatic N) is 1. The van der Waals surface area contributed by atoms with Gasteiger partial charge in [-0.25, -0.2) is 8.78 Å². The molecule has 0 atom stereocenters. The van der Waals surface area contributed by atoms with Gasteiger partial charge >= 0.3 is 0 Å². The molecule has 26 heavy (non-hydrogen) atoms. The zero-order valence-electron chi connectivity index (χ0n) is 14.9. The fourth-order valence-electron chi connectivity index (χ4n) is 3.04. The second-order valence-corrected chi connectivity index (χ2v) is 6.11. The van der Waals surface area contributed by atoms with E-state index in [1.165, 1.54) is 17.0 Å². The van der Waals surface area contributed by atoms with Crippen LogP contribution < -0.4 is 10.6 Å². The summed E-state index contributed by atoms with van der Waals surface area (Å²) in [6.07, 6.45) is 0.824. The summed E-state index contributed by atoms with van der Waals surface area (Å²) in [5.74, 6) is -0.351. The van der Waals surface area contributed by atoms with Crippen molar-refractivity contribution in [3.63, 3.8) is 0 Å². The lowest BCUT2D eigenvalue weighted by Gasteiger charge is -2.12. The number of fused-ring (bicyclic) bond motifs is 1. The molecule has 3 rings (SSSR count). The van der Waals surface area contributed by atoms with Crippen molar-refractivity contribution in [3.05, 3.63) is 70.9 Å². The number of aromatic nitrogens is 1. The molecule has 0 fully saturated rings. The maximum Gasteiger partial charge on any atom is 0.191 e. The highest BCUT2D eigenvalue weighted by atomic mass is 19.1. The highest BCUT2D eigenvalue weighted by Crippen LogP contribution is 2.21. The SMILES string of the molecule is CN=C(NCCc1c(C)[nH]c2ccccc12)NCc1cc(F)ccc1F. The highest BCUT2D eigenvalue weighted by molar-refractivity contribution is 5.84. The first kappa shape index (κ1) is 17.9. The summed E-state index contributed by atoms with van der Waals surface area (Å²) in [6, 6.07) is 11.6. The minimum atomic E-state index is -0.457.